The molecule has 0 spiro atoms. The average Bonchev–Trinajstić information content (AvgIpc) is 3.11. The number of benzene rings is 3. The highest BCUT2D eigenvalue weighted by molar-refractivity contribution is 5.99. The van der Waals surface area contributed by atoms with Crippen LogP contribution in [0.4, 0.5) is 23.0 Å². The molecule has 1 saturated heterocycles. The van der Waals surface area contributed by atoms with E-state index in [1.165, 1.54) is 10.8 Å². The molecule has 244 valence electrons. The minimum Gasteiger partial charge on any atom is -0.494 e. The summed E-state index contributed by atoms with van der Waals surface area (Å²) in [6.45, 7) is 7.78. The number of hydrogen-bond donors (Lipinski definition) is 2. The van der Waals surface area contributed by atoms with Crippen LogP contribution in [0.3, 0.4) is 0 Å². The Labute approximate surface area is 275 Å². The van der Waals surface area contributed by atoms with Crippen molar-refractivity contribution >= 4 is 45.9 Å². The molecule has 1 aliphatic rings. The van der Waals surface area contributed by atoms with Crippen LogP contribution in [0.25, 0.3) is 16.7 Å². The minimum absolute atomic E-state index is 0.0364. The molecule has 0 aliphatic carbocycles. The van der Waals surface area contributed by atoms with Crippen molar-refractivity contribution in [3.63, 3.8) is 0 Å². The molecule has 1 fully saturated rings. The number of hydrogen-bond acceptors (Lipinski definition) is 9. The molecule has 13 heteroatoms. The van der Waals surface area contributed by atoms with Gasteiger partial charge in [-0.25, -0.2) is 14.3 Å². The summed E-state index contributed by atoms with van der Waals surface area (Å²) in [5.74, 6) is 0.319. The number of piperazine rings is 1. The molecule has 2 amide bonds. The Balaban J connectivity index is 1.41. The third kappa shape index (κ3) is 6.51. The summed E-state index contributed by atoms with van der Waals surface area (Å²) in [7, 11) is 1.56. The molecule has 0 saturated carbocycles. The second-order valence-electron chi connectivity index (χ2n) is 11.2. The number of methoxy groups -OCH3 is 1. The van der Waals surface area contributed by atoms with Crippen molar-refractivity contribution < 1.29 is 14.3 Å². The van der Waals surface area contributed by atoms with Gasteiger partial charge in [-0.15, -0.1) is 0 Å². The number of aromatic nitrogens is 4. The highest BCUT2D eigenvalue weighted by atomic mass is 16.5. The molecule has 0 unspecified atom stereocenters. The van der Waals surface area contributed by atoms with Gasteiger partial charge in [0.2, 0.25) is 17.8 Å². The first-order valence-electron chi connectivity index (χ1n) is 15.3. The lowest BCUT2D eigenvalue weighted by molar-refractivity contribution is -0.129. The second-order valence-corrected chi connectivity index (χ2v) is 11.2. The van der Waals surface area contributed by atoms with Crippen molar-refractivity contribution in [1.29, 1.82) is 0 Å². The predicted octanol–water partition coefficient (Wildman–Crippen LogP) is 3.54. The van der Waals surface area contributed by atoms with Crippen LogP contribution in [0.15, 0.2) is 101 Å². The zero-order valence-electron chi connectivity index (χ0n) is 26.6. The molecule has 3 heterocycles. The largest absolute Gasteiger partial charge is 0.494 e. The maximum atomic E-state index is 14.1. The van der Waals surface area contributed by atoms with Crippen molar-refractivity contribution in [2.75, 3.05) is 48.8 Å². The number of rotatable bonds is 9. The quantitative estimate of drug-likeness (QED) is 0.230. The second kappa shape index (κ2) is 13.6. The van der Waals surface area contributed by atoms with Crippen LogP contribution < -0.4 is 31.5 Å². The van der Waals surface area contributed by atoms with E-state index in [0.717, 1.165) is 21.9 Å². The standard InChI is InChI=1S/C35H34N8O5/c1-4-31(45)37-25-11-8-12-27(19-25)43-32-28(33(46)42(35(43)47)22-24-9-6-5-7-10-24)21-36-34(39-32)38-29-14-13-26(20-30(29)48-3)41-17-15-40(16-18-41)23(2)44/h4-14,19-21H,1,15-18,22H2,2-3H3,(H,37,45)(H,36,38,39). The first-order chi connectivity index (χ1) is 23.2. The molecule has 5 aromatic rings. The molecular weight excluding hydrogens is 612 g/mol. The number of anilines is 4. The van der Waals surface area contributed by atoms with E-state index in [0.29, 0.717) is 49.0 Å². The molecule has 6 rings (SSSR count). The Morgan fingerprint density at radius 1 is 0.958 bits per heavy atom. The summed E-state index contributed by atoms with van der Waals surface area (Å²) < 4.78 is 8.16. The molecule has 2 aromatic heterocycles. The third-order valence-electron chi connectivity index (χ3n) is 8.14. The molecule has 48 heavy (non-hydrogen) atoms. The number of fused-ring (bicyclic) bond motifs is 1. The number of nitrogens with one attached hydrogen (secondary N) is 2. The van der Waals surface area contributed by atoms with Crippen LogP contribution in [0, 0.1) is 0 Å². The molecule has 0 atom stereocenters. The smallest absolute Gasteiger partial charge is 0.337 e. The fourth-order valence-corrected chi connectivity index (χ4v) is 5.63. The number of amides is 2. The lowest BCUT2D eigenvalue weighted by Gasteiger charge is -2.35. The van der Waals surface area contributed by atoms with E-state index in [9.17, 15) is 19.2 Å². The summed E-state index contributed by atoms with van der Waals surface area (Å²) in [4.78, 5) is 64.7. The molecule has 2 N–H and O–H groups in total. The Morgan fingerprint density at radius 2 is 1.73 bits per heavy atom. The predicted molar refractivity (Wildman–Crippen MR) is 185 cm³/mol. The Bertz CT molecular complexity index is 2140. The fourth-order valence-electron chi connectivity index (χ4n) is 5.63. The minimum atomic E-state index is -0.611. The lowest BCUT2D eigenvalue weighted by atomic mass is 10.2. The van der Waals surface area contributed by atoms with E-state index in [1.807, 2.05) is 53.4 Å². The maximum absolute atomic E-state index is 14.1. The van der Waals surface area contributed by atoms with Crippen molar-refractivity contribution in [2.45, 2.75) is 13.5 Å². The molecule has 13 nitrogen and oxygen atoms in total. The monoisotopic (exact) mass is 646 g/mol. The topological polar surface area (TPSA) is 144 Å². The first kappa shape index (κ1) is 31.7. The normalized spacial score (nSPS) is 12.9. The molecule has 3 aromatic carbocycles. The van der Waals surface area contributed by atoms with Crippen LogP contribution in [-0.4, -0.2) is 69.1 Å². The maximum Gasteiger partial charge on any atom is 0.337 e. The van der Waals surface area contributed by atoms with Gasteiger partial charge in [-0.2, -0.15) is 4.98 Å². The van der Waals surface area contributed by atoms with Gasteiger partial charge < -0.3 is 25.2 Å². The zero-order chi connectivity index (χ0) is 33.8. The summed E-state index contributed by atoms with van der Waals surface area (Å²) in [5, 5.41) is 6.01. The Hall–Kier alpha value is -6.24. The van der Waals surface area contributed by atoms with Gasteiger partial charge in [-0.1, -0.05) is 43.0 Å². The van der Waals surface area contributed by atoms with Crippen LogP contribution in [-0.2, 0) is 16.1 Å². The fraction of sp³-hybridized carbons (Fsp3) is 0.200. The molecule has 0 radical (unpaired) electrons. The van der Waals surface area contributed by atoms with E-state index >= 15 is 0 Å². The number of carbonyl (C=O) groups is 2. The van der Waals surface area contributed by atoms with Gasteiger partial charge >= 0.3 is 5.69 Å². The Kier molecular flexibility index (Phi) is 9.01. The van der Waals surface area contributed by atoms with Gasteiger partial charge in [-0.3, -0.25) is 19.0 Å². The van der Waals surface area contributed by atoms with Crippen LogP contribution in [0.2, 0.25) is 0 Å². The van der Waals surface area contributed by atoms with Gasteiger partial charge in [0.1, 0.15) is 11.1 Å². The summed E-state index contributed by atoms with van der Waals surface area (Å²) in [5.41, 5.74) is 2.02. The van der Waals surface area contributed by atoms with Crippen LogP contribution in [0.1, 0.15) is 12.5 Å². The summed E-state index contributed by atoms with van der Waals surface area (Å²) >= 11 is 0. The summed E-state index contributed by atoms with van der Waals surface area (Å²) in [6, 6.07) is 21.5. The Morgan fingerprint density at radius 3 is 2.44 bits per heavy atom. The van der Waals surface area contributed by atoms with E-state index in [-0.39, 0.29) is 29.4 Å². The van der Waals surface area contributed by atoms with Gasteiger partial charge in [0.15, 0.2) is 5.65 Å². The van der Waals surface area contributed by atoms with Crippen LogP contribution >= 0.6 is 0 Å². The van der Waals surface area contributed by atoms with Crippen molar-refractivity contribution in [3.8, 4) is 11.4 Å². The lowest BCUT2D eigenvalue weighted by Crippen LogP contribution is -2.48. The van der Waals surface area contributed by atoms with Gasteiger partial charge in [0.25, 0.3) is 5.56 Å². The number of carbonyl (C=O) groups excluding carboxylic acids is 2. The average molecular weight is 647 g/mol. The van der Waals surface area contributed by atoms with E-state index in [1.54, 1.807) is 38.3 Å². The molecule has 1 aliphatic heterocycles. The number of nitrogens with zero attached hydrogens (tertiary/aromatic N) is 6. The summed E-state index contributed by atoms with van der Waals surface area (Å²) in [6.07, 6.45) is 2.54. The molecular formula is C35H34N8O5. The highest BCUT2D eigenvalue weighted by Gasteiger charge is 2.21. The van der Waals surface area contributed by atoms with E-state index in [4.69, 9.17) is 4.74 Å². The number of ether oxygens (including phenoxy) is 1. The van der Waals surface area contributed by atoms with Crippen molar-refractivity contribution in [1.82, 2.24) is 24.0 Å². The molecule has 0 bridgehead atoms. The van der Waals surface area contributed by atoms with Crippen molar-refractivity contribution in [3.05, 3.63) is 118 Å². The van der Waals surface area contributed by atoms with Gasteiger partial charge in [-0.05, 0) is 42.0 Å². The van der Waals surface area contributed by atoms with Gasteiger partial charge in [0.05, 0.1) is 25.0 Å². The third-order valence-corrected chi connectivity index (χ3v) is 8.14. The zero-order valence-corrected chi connectivity index (χ0v) is 26.6. The van der Waals surface area contributed by atoms with Crippen molar-refractivity contribution in [2.24, 2.45) is 0 Å². The van der Waals surface area contributed by atoms with E-state index < -0.39 is 17.2 Å². The first-order valence-corrected chi connectivity index (χ1v) is 15.3. The highest BCUT2D eigenvalue weighted by Crippen LogP contribution is 2.32. The van der Waals surface area contributed by atoms with Crippen LogP contribution in [0.5, 0.6) is 5.75 Å². The van der Waals surface area contributed by atoms with E-state index in [2.05, 4.69) is 32.1 Å². The SMILES string of the molecule is C=CC(=O)Nc1cccc(-n2c(=O)n(Cc3ccccc3)c(=O)c3cnc(Nc4ccc(N5CCN(C(C)=O)CC5)cc4OC)nc32)c1. The van der Waals surface area contributed by atoms with Gasteiger partial charge in [0, 0.05) is 56.7 Å².